The lowest BCUT2D eigenvalue weighted by Gasteiger charge is -2.45. The monoisotopic (exact) mass is 271 g/mol. The number of hydrogen-bond acceptors (Lipinski definition) is 1. The molecule has 1 N–H and O–H groups in total. The fourth-order valence-corrected chi connectivity index (χ4v) is 5.13. The number of nitrogens with one attached hydrogen (secondary N) is 1. The zero-order valence-electron chi connectivity index (χ0n) is 13.7. The summed E-state index contributed by atoms with van der Waals surface area (Å²) >= 11 is 0. The number of hydrogen-bond donors (Lipinski definition) is 1. The van der Waals surface area contributed by atoms with Crippen LogP contribution in [0.25, 0.3) is 0 Å². The molecule has 1 aromatic rings. The van der Waals surface area contributed by atoms with E-state index < -0.39 is 0 Å². The zero-order chi connectivity index (χ0) is 14.5. The summed E-state index contributed by atoms with van der Waals surface area (Å²) in [6.07, 6.45) is 4.25. The van der Waals surface area contributed by atoms with Crippen LogP contribution in [0.5, 0.6) is 0 Å². The van der Waals surface area contributed by atoms with E-state index >= 15 is 0 Å². The van der Waals surface area contributed by atoms with E-state index in [0.717, 1.165) is 5.92 Å². The average Bonchev–Trinajstić information content (AvgIpc) is 2.86. The summed E-state index contributed by atoms with van der Waals surface area (Å²) in [5.41, 5.74) is 3.79. The lowest BCUT2D eigenvalue weighted by Crippen LogP contribution is -2.51. The molecule has 20 heavy (non-hydrogen) atoms. The first-order valence-electron chi connectivity index (χ1n) is 8.16. The van der Waals surface area contributed by atoms with Gasteiger partial charge >= 0.3 is 0 Å². The van der Waals surface area contributed by atoms with Crippen LogP contribution in [-0.2, 0) is 0 Å². The van der Waals surface area contributed by atoms with Gasteiger partial charge in [-0.25, -0.2) is 0 Å². The predicted molar refractivity (Wildman–Crippen MR) is 85.7 cm³/mol. The molecule has 0 amide bonds. The molecule has 4 atom stereocenters. The lowest BCUT2D eigenvalue weighted by molar-refractivity contribution is 0.100. The van der Waals surface area contributed by atoms with Gasteiger partial charge in [0.2, 0.25) is 0 Å². The molecule has 1 heteroatoms. The first-order chi connectivity index (χ1) is 9.34. The van der Waals surface area contributed by atoms with Crippen molar-refractivity contribution in [2.45, 2.75) is 66.0 Å². The van der Waals surface area contributed by atoms with E-state index in [4.69, 9.17) is 0 Å². The number of benzene rings is 1. The summed E-state index contributed by atoms with van der Waals surface area (Å²) in [5.74, 6) is 0.911. The van der Waals surface area contributed by atoms with Crippen LogP contribution in [0.1, 0.15) is 64.1 Å². The molecule has 1 nitrogen and oxygen atoms in total. The van der Waals surface area contributed by atoms with Gasteiger partial charge in [0.1, 0.15) is 0 Å². The van der Waals surface area contributed by atoms with Gasteiger partial charge in [0.05, 0.1) is 0 Å². The molecular formula is C19H29N. The molecular weight excluding hydrogens is 242 g/mol. The third-order valence-corrected chi connectivity index (χ3v) is 6.34. The third-order valence-electron chi connectivity index (χ3n) is 6.34. The second kappa shape index (κ2) is 4.59. The highest BCUT2D eigenvalue weighted by atomic mass is 15.0. The van der Waals surface area contributed by atoms with Gasteiger partial charge in [0.25, 0.3) is 0 Å². The molecule has 0 heterocycles. The van der Waals surface area contributed by atoms with Crippen molar-refractivity contribution in [1.82, 2.24) is 5.32 Å². The Morgan fingerprint density at radius 1 is 1.20 bits per heavy atom. The fraction of sp³-hybridized carbons (Fsp3) is 0.684. The van der Waals surface area contributed by atoms with E-state index in [0.29, 0.717) is 22.9 Å². The minimum atomic E-state index is 0.434. The molecule has 0 aromatic heterocycles. The molecule has 0 spiro atoms. The van der Waals surface area contributed by atoms with Crippen molar-refractivity contribution >= 4 is 0 Å². The molecule has 2 bridgehead atoms. The third kappa shape index (κ3) is 2.02. The van der Waals surface area contributed by atoms with Crippen LogP contribution >= 0.6 is 0 Å². The Hall–Kier alpha value is -0.820. The Labute approximate surface area is 124 Å². The summed E-state index contributed by atoms with van der Waals surface area (Å²) < 4.78 is 0. The van der Waals surface area contributed by atoms with Crippen molar-refractivity contribution in [3.05, 3.63) is 35.4 Å². The highest BCUT2D eigenvalue weighted by molar-refractivity contribution is 5.29. The Balaban J connectivity index is 1.83. The molecule has 2 saturated carbocycles. The standard InChI is InChI=1S/C19H29N/c1-13-8-6-7-9-16(13)14(2)20-17-18(3,4)15-10-11-19(17,5)12-15/h6-9,14-15,17,20H,10-12H2,1-5H3/t14?,15-,17?,19+/m0/s1. The van der Waals surface area contributed by atoms with Crippen LogP contribution in [0.15, 0.2) is 24.3 Å². The van der Waals surface area contributed by atoms with E-state index in [1.54, 1.807) is 0 Å². The second-order valence-corrected chi connectivity index (χ2v) is 8.09. The van der Waals surface area contributed by atoms with Gasteiger partial charge in [0, 0.05) is 12.1 Å². The van der Waals surface area contributed by atoms with Crippen molar-refractivity contribution in [3.8, 4) is 0 Å². The summed E-state index contributed by atoms with van der Waals surface area (Å²) in [6, 6.07) is 9.87. The fourth-order valence-electron chi connectivity index (χ4n) is 5.13. The minimum Gasteiger partial charge on any atom is -0.306 e. The quantitative estimate of drug-likeness (QED) is 0.827. The zero-order valence-corrected chi connectivity index (χ0v) is 13.7. The minimum absolute atomic E-state index is 0.434. The van der Waals surface area contributed by atoms with E-state index in [-0.39, 0.29) is 0 Å². The molecule has 1 aromatic carbocycles. The summed E-state index contributed by atoms with van der Waals surface area (Å²) in [5, 5.41) is 4.00. The van der Waals surface area contributed by atoms with Gasteiger partial charge in [0.15, 0.2) is 0 Å². The van der Waals surface area contributed by atoms with Crippen LogP contribution in [-0.4, -0.2) is 6.04 Å². The van der Waals surface area contributed by atoms with Crippen LogP contribution in [0.3, 0.4) is 0 Å². The molecule has 0 saturated heterocycles. The van der Waals surface area contributed by atoms with Crippen molar-refractivity contribution < 1.29 is 0 Å². The summed E-state index contributed by atoms with van der Waals surface area (Å²) in [4.78, 5) is 0. The van der Waals surface area contributed by atoms with Gasteiger partial charge in [-0.1, -0.05) is 45.0 Å². The van der Waals surface area contributed by atoms with Crippen molar-refractivity contribution in [1.29, 1.82) is 0 Å². The smallest absolute Gasteiger partial charge is 0.0297 e. The Morgan fingerprint density at radius 2 is 1.90 bits per heavy atom. The number of aryl methyl sites for hydroxylation is 1. The SMILES string of the molecule is Cc1ccccc1C(C)NC1C(C)(C)[C@H]2CC[C@]1(C)C2. The van der Waals surface area contributed by atoms with Crippen LogP contribution in [0, 0.1) is 23.7 Å². The first-order valence-corrected chi connectivity index (χ1v) is 8.16. The maximum Gasteiger partial charge on any atom is 0.0297 e. The van der Waals surface area contributed by atoms with Gasteiger partial charge < -0.3 is 5.32 Å². The van der Waals surface area contributed by atoms with Crippen LogP contribution < -0.4 is 5.32 Å². The Bertz CT molecular complexity index is 499. The van der Waals surface area contributed by atoms with Gasteiger partial charge in [-0.05, 0) is 61.0 Å². The lowest BCUT2D eigenvalue weighted by atomic mass is 9.68. The molecule has 2 unspecified atom stereocenters. The van der Waals surface area contributed by atoms with Crippen LogP contribution in [0.2, 0.25) is 0 Å². The van der Waals surface area contributed by atoms with E-state index in [1.165, 1.54) is 30.4 Å². The highest BCUT2D eigenvalue weighted by Gasteiger charge is 2.59. The summed E-state index contributed by atoms with van der Waals surface area (Å²) in [7, 11) is 0. The largest absolute Gasteiger partial charge is 0.306 e. The molecule has 2 aliphatic carbocycles. The highest BCUT2D eigenvalue weighted by Crippen LogP contribution is 2.62. The number of fused-ring (bicyclic) bond motifs is 2. The van der Waals surface area contributed by atoms with Gasteiger partial charge in [-0.3, -0.25) is 0 Å². The van der Waals surface area contributed by atoms with E-state index in [1.807, 2.05) is 0 Å². The number of rotatable bonds is 3. The maximum atomic E-state index is 4.00. The van der Waals surface area contributed by atoms with Crippen LogP contribution in [0.4, 0.5) is 0 Å². The predicted octanol–water partition coefficient (Wildman–Crippen LogP) is 4.86. The Kier molecular flexibility index (Phi) is 3.25. The topological polar surface area (TPSA) is 12.0 Å². The molecule has 110 valence electrons. The normalized spacial score (nSPS) is 36.2. The molecule has 0 aliphatic heterocycles. The van der Waals surface area contributed by atoms with Crippen molar-refractivity contribution in [2.24, 2.45) is 16.7 Å². The summed E-state index contributed by atoms with van der Waals surface area (Å²) in [6.45, 7) is 12.0. The van der Waals surface area contributed by atoms with Crippen molar-refractivity contribution in [3.63, 3.8) is 0 Å². The van der Waals surface area contributed by atoms with Crippen molar-refractivity contribution in [2.75, 3.05) is 0 Å². The van der Waals surface area contributed by atoms with Gasteiger partial charge in [-0.15, -0.1) is 0 Å². The maximum absolute atomic E-state index is 4.00. The molecule has 2 aliphatic rings. The van der Waals surface area contributed by atoms with E-state index in [9.17, 15) is 0 Å². The Morgan fingerprint density at radius 3 is 2.50 bits per heavy atom. The first kappa shape index (κ1) is 14.1. The molecule has 3 rings (SSSR count). The van der Waals surface area contributed by atoms with Gasteiger partial charge in [-0.2, -0.15) is 0 Å². The molecule has 0 radical (unpaired) electrons. The molecule has 2 fully saturated rings. The average molecular weight is 271 g/mol. The van der Waals surface area contributed by atoms with E-state index in [2.05, 4.69) is 64.2 Å². The second-order valence-electron chi connectivity index (χ2n) is 8.09.